The number of nitrogens with zero attached hydrogens (tertiary/aromatic N) is 1. The van der Waals surface area contributed by atoms with Crippen molar-refractivity contribution >= 4 is 11.8 Å². The lowest BCUT2D eigenvalue weighted by Crippen LogP contribution is -1.96. The number of ether oxygens (including phenoxy) is 1. The largest absolute Gasteiger partial charge is 0.439 e. The zero-order chi connectivity index (χ0) is 12.1. The molecule has 0 saturated carbocycles. The van der Waals surface area contributed by atoms with Crippen molar-refractivity contribution in [1.82, 2.24) is 4.98 Å². The fraction of sp³-hybridized carbons (Fsp3) is 0.214. The van der Waals surface area contributed by atoms with Crippen LogP contribution >= 0.6 is 11.8 Å². The van der Waals surface area contributed by atoms with Crippen LogP contribution in [0.5, 0.6) is 5.88 Å². The Morgan fingerprint density at radius 1 is 1.41 bits per heavy atom. The lowest BCUT2D eigenvalue weighted by molar-refractivity contribution is 0.423. The Bertz CT molecular complexity index is 489. The molecule has 1 aromatic heterocycles. The Morgan fingerprint density at radius 2 is 2.29 bits per heavy atom. The van der Waals surface area contributed by atoms with Crippen LogP contribution < -0.4 is 4.74 Å². The highest BCUT2D eigenvalue weighted by Gasteiger charge is 2.05. The molecule has 0 N–H and O–H groups in total. The van der Waals surface area contributed by atoms with Crippen molar-refractivity contribution in [3.63, 3.8) is 0 Å². The molecular weight excluding hydrogens is 230 g/mol. The molecule has 2 rings (SSSR count). The minimum Gasteiger partial charge on any atom is -0.439 e. The fourth-order valence-corrected chi connectivity index (χ4v) is 2.01. The molecule has 1 aromatic rings. The highest BCUT2D eigenvalue weighted by Crippen LogP contribution is 2.23. The SMILES string of the molecule is CSC1=CC(Oc2ncccc2C)=CC=CC1. The summed E-state index contributed by atoms with van der Waals surface area (Å²) in [6, 6.07) is 3.90. The van der Waals surface area contributed by atoms with Gasteiger partial charge in [0, 0.05) is 11.8 Å². The molecule has 3 heteroatoms. The molecule has 0 aliphatic heterocycles. The molecule has 2 nitrogen and oxygen atoms in total. The minimum absolute atomic E-state index is 0.672. The van der Waals surface area contributed by atoms with Crippen molar-refractivity contribution in [3.05, 3.63) is 58.9 Å². The number of hydrogen-bond acceptors (Lipinski definition) is 3. The summed E-state index contributed by atoms with van der Waals surface area (Å²) < 4.78 is 5.81. The molecule has 0 aromatic carbocycles. The molecule has 0 radical (unpaired) electrons. The second kappa shape index (κ2) is 5.73. The molecule has 0 spiro atoms. The molecule has 1 aliphatic rings. The summed E-state index contributed by atoms with van der Waals surface area (Å²) in [7, 11) is 0. The Kier molecular flexibility index (Phi) is 4.04. The molecule has 17 heavy (non-hydrogen) atoms. The van der Waals surface area contributed by atoms with Crippen LogP contribution in [0, 0.1) is 6.92 Å². The number of pyridine rings is 1. The molecule has 0 amide bonds. The molecule has 0 bridgehead atoms. The van der Waals surface area contributed by atoms with Crippen LogP contribution in [0.3, 0.4) is 0 Å². The summed E-state index contributed by atoms with van der Waals surface area (Å²) in [6.07, 6.45) is 13.0. The van der Waals surface area contributed by atoms with Crippen molar-refractivity contribution in [2.45, 2.75) is 13.3 Å². The number of rotatable bonds is 3. The first-order valence-corrected chi connectivity index (χ1v) is 6.73. The quantitative estimate of drug-likeness (QED) is 0.807. The summed E-state index contributed by atoms with van der Waals surface area (Å²) in [4.78, 5) is 5.52. The number of allylic oxidation sites excluding steroid dienone is 5. The van der Waals surface area contributed by atoms with Crippen LogP contribution in [0.15, 0.2) is 53.3 Å². The van der Waals surface area contributed by atoms with E-state index in [9.17, 15) is 0 Å². The number of hydrogen-bond donors (Lipinski definition) is 0. The third-order valence-electron chi connectivity index (χ3n) is 2.46. The van der Waals surface area contributed by atoms with Crippen molar-refractivity contribution in [2.75, 3.05) is 6.26 Å². The van der Waals surface area contributed by atoms with E-state index in [1.54, 1.807) is 18.0 Å². The van der Waals surface area contributed by atoms with Gasteiger partial charge in [0.25, 0.3) is 0 Å². The minimum atomic E-state index is 0.672. The van der Waals surface area contributed by atoms with E-state index in [4.69, 9.17) is 4.74 Å². The van der Waals surface area contributed by atoms with Gasteiger partial charge in [-0.05, 0) is 42.7 Å². The summed E-state index contributed by atoms with van der Waals surface area (Å²) in [6.45, 7) is 1.99. The number of aromatic nitrogens is 1. The maximum absolute atomic E-state index is 5.81. The van der Waals surface area contributed by atoms with Gasteiger partial charge in [-0.2, -0.15) is 0 Å². The van der Waals surface area contributed by atoms with E-state index >= 15 is 0 Å². The normalized spacial score (nSPS) is 14.9. The van der Waals surface area contributed by atoms with Gasteiger partial charge in [-0.15, -0.1) is 11.8 Å². The second-order valence-electron chi connectivity index (χ2n) is 3.74. The van der Waals surface area contributed by atoms with E-state index in [2.05, 4.69) is 23.4 Å². The highest BCUT2D eigenvalue weighted by molar-refractivity contribution is 8.02. The zero-order valence-corrected chi connectivity index (χ0v) is 10.8. The van der Waals surface area contributed by atoms with Crippen molar-refractivity contribution in [1.29, 1.82) is 0 Å². The van der Waals surface area contributed by atoms with Crippen LogP contribution in [0.25, 0.3) is 0 Å². The third kappa shape index (κ3) is 3.24. The predicted octanol–water partition coefficient (Wildman–Crippen LogP) is 3.86. The van der Waals surface area contributed by atoms with E-state index in [1.165, 1.54) is 4.91 Å². The molecule has 0 saturated heterocycles. The van der Waals surface area contributed by atoms with E-state index in [0.717, 1.165) is 17.7 Å². The van der Waals surface area contributed by atoms with Crippen molar-refractivity contribution < 1.29 is 4.74 Å². The van der Waals surface area contributed by atoms with Gasteiger partial charge in [0.05, 0.1) is 0 Å². The first-order chi connectivity index (χ1) is 8.29. The lowest BCUT2D eigenvalue weighted by atomic mass is 10.3. The smallest absolute Gasteiger partial charge is 0.222 e. The zero-order valence-electron chi connectivity index (χ0n) is 10.0. The lowest BCUT2D eigenvalue weighted by Gasteiger charge is -2.08. The topological polar surface area (TPSA) is 22.1 Å². The fourth-order valence-electron chi connectivity index (χ4n) is 1.51. The van der Waals surface area contributed by atoms with Crippen molar-refractivity contribution in [2.24, 2.45) is 0 Å². The monoisotopic (exact) mass is 245 g/mol. The first kappa shape index (κ1) is 12.0. The Balaban J connectivity index is 2.21. The molecule has 1 heterocycles. The predicted molar refractivity (Wildman–Crippen MR) is 73.0 cm³/mol. The average molecular weight is 245 g/mol. The van der Waals surface area contributed by atoms with Gasteiger partial charge in [-0.3, -0.25) is 0 Å². The summed E-state index contributed by atoms with van der Waals surface area (Å²) in [5.74, 6) is 1.51. The molecule has 0 atom stereocenters. The van der Waals surface area contributed by atoms with Gasteiger partial charge < -0.3 is 4.74 Å². The van der Waals surface area contributed by atoms with E-state index in [0.29, 0.717) is 5.88 Å². The third-order valence-corrected chi connectivity index (χ3v) is 3.27. The van der Waals surface area contributed by atoms with Gasteiger partial charge in [0.15, 0.2) is 0 Å². The summed E-state index contributed by atoms with van der Waals surface area (Å²) >= 11 is 1.75. The first-order valence-electron chi connectivity index (χ1n) is 5.50. The Morgan fingerprint density at radius 3 is 3.06 bits per heavy atom. The van der Waals surface area contributed by atoms with Crippen LogP contribution in [-0.2, 0) is 0 Å². The van der Waals surface area contributed by atoms with Gasteiger partial charge >= 0.3 is 0 Å². The van der Waals surface area contributed by atoms with Gasteiger partial charge in [0.1, 0.15) is 5.76 Å². The van der Waals surface area contributed by atoms with Crippen LogP contribution in [0.4, 0.5) is 0 Å². The van der Waals surface area contributed by atoms with E-state index in [1.807, 2.05) is 31.2 Å². The molecule has 0 fully saturated rings. The van der Waals surface area contributed by atoms with E-state index < -0.39 is 0 Å². The van der Waals surface area contributed by atoms with Gasteiger partial charge in [-0.1, -0.05) is 18.2 Å². The standard InChI is InChI=1S/C14H15NOS/c1-11-6-5-9-15-14(11)16-12-7-3-4-8-13(10-12)17-2/h3-7,9-10H,8H2,1-2H3. The number of thioether (sulfide) groups is 1. The average Bonchev–Trinajstić information content (AvgIpc) is 2.57. The highest BCUT2D eigenvalue weighted by atomic mass is 32.2. The maximum Gasteiger partial charge on any atom is 0.222 e. The number of aryl methyl sites for hydroxylation is 1. The van der Waals surface area contributed by atoms with Crippen LogP contribution in [0.2, 0.25) is 0 Å². The maximum atomic E-state index is 5.81. The molecule has 88 valence electrons. The molecule has 0 unspecified atom stereocenters. The molecule has 1 aliphatic carbocycles. The van der Waals surface area contributed by atoms with Crippen molar-refractivity contribution in [3.8, 4) is 5.88 Å². The Labute approximate surface area is 106 Å². The van der Waals surface area contributed by atoms with E-state index in [-0.39, 0.29) is 0 Å². The van der Waals surface area contributed by atoms with Crippen LogP contribution in [0.1, 0.15) is 12.0 Å². The second-order valence-corrected chi connectivity index (χ2v) is 4.68. The van der Waals surface area contributed by atoms with Gasteiger partial charge in [-0.25, -0.2) is 4.98 Å². The van der Waals surface area contributed by atoms with Crippen LogP contribution in [-0.4, -0.2) is 11.2 Å². The molecular formula is C14H15NOS. The summed E-state index contributed by atoms with van der Waals surface area (Å²) in [5.41, 5.74) is 1.04. The summed E-state index contributed by atoms with van der Waals surface area (Å²) in [5, 5.41) is 0. The Hall–Kier alpha value is -1.48. The van der Waals surface area contributed by atoms with Gasteiger partial charge in [0.2, 0.25) is 5.88 Å².